The number of ketones is 1. The molecule has 5 atom stereocenters. The Kier molecular flexibility index (Phi) is 12.3. The van der Waals surface area contributed by atoms with Crippen LogP contribution in [0.3, 0.4) is 0 Å². The van der Waals surface area contributed by atoms with Gasteiger partial charge >= 0.3 is 5.97 Å². The lowest BCUT2D eigenvalue weighted by molar-refractivity contribution is -0.152. The molecule has 3 fully saturated rings. The molecule has 2 N–H and O–H groups in total. The van der Waals surface area contributed by atoms with Crippen LogP contribution in [0, 0.1) is 10.8 Å². The lowest BCUT2D eigenvalue weighted by atomic mass is 9.61. The topological polar surface area (TPSA) is 96.4 Å². The maximum atomic E-state index is 13.1. The number of ether oxygens (including phenoxy) is 2. The molecule has 2 aliphatic carbocycles. The van der Waals surface area contributed by atoms with Gasteiger partial charge in [0, 0.05) is 31.8 Å². The first-order valence-electron chi connectivity index (χ1n) is 17.1. The summed E-state index contributed by atoms with van der Waals surface area (Å²) in [6.07, 6.45) is 23.6. The van der Waals surface area contributed by atoms with Crippen molar-refractivity contribution >= 4 is 11.8 Å². The Labute approximate surface area is 289 Å². The Morgan fingerprint density at radius 3 is 1.92 bits per heavy atom. The van der Waals surface area contributed by atoms with E-state index in [-0.39, 0.29) is 34.8 Å². The predicted octanol–water partition coefficient (Wildman–Crippen LogP) is 8.69. The molecule has 0 radical (unpaired) electrons. The highest BCUT2D eigenvalue weighted by molar-refractivity contribution is 5.96. The van der Waals surface area contributed by atoms with Gasteiger partial charge in [0.1, 0.15) is 11.7 Å². The minimum atomic E-state index is -1.11. The molecule has 1 saturated heterocycles. The number of esters is 1. The second-order valence-electron chi connectivity index (χ2n) is 15.9. The summed E-state index contributed by atoms with van der Waals surface area (Å²) in [5, 5.41) is 21.4. The van der Waals surface area contributed by atoms with Crippen molar-refractivity contribution in [1.29, 1.82) is 0 Å². The average Bonchev–Trinajstić information content (AvgIpc) is 3.53. The zero-order valence-corrected chi connectivity index (χ0v) is 31.1. The first kappa shape index (κ1) is 39.2. The Hall–Kier alpha value is -3.28. The molecule has 1 aliphatic heterocycles. The van der Waals surface area contributed by atoms with E-state index < -0.39 is 16.8 Å². The van der Waals surface area contributed by atoms with E-state index in [9.17, 15) is 19.8 Å². The van der Waals surface area contributed by atoms with Gasteiger partial charge in [-0.25, -0.2) is 0 Å². The third-order valence-corrected chi connectivity index (χ3v) is 10.1. The highest BCUT2D eigenvalue weighted by Crippen LogP contribution is 2.67. The summed E-state index contributed by atoms with van der Waals surface area (Å²) in [6, 6.07) is 0. The summed E-state index contributed by atoms with van der Waals surface area (Å²) >= 11 is 0. The Morgan fingerprint density at radius 1 is 0.812 bits per heavy atom. The van der Waals surface area contributed by atoms with Crippen LogP contribution in [0.4, 0.5) is 0 Å². The van der Waals surface area contributed by atoms with Crippen LogP contribution < -0.4 is 0 Å². The van der Waals surface area contributed by atoms with E-state index in [0.29, 0.717) is 37.7 Å². The van der Waals surface area contributed by atoms with Gasteiger partial charge in [0.2, 0.25) is 0 Å². The van der Waals surface area contributed by atoms with Gasteiger partial charge < -0.3 is 19.7 Å². The van der Waals surface area contributed by atoms with Crippen molar-refractivity contribution in [2.45, 2.75) is 137 Å². The van der Waals surface area contributed by atoms with Crippen molar-refractivity contribution in [2.24, 2.45) is 10.8 Å². The number of rotatable bonds is 11. The van der Waals surface area contributed by atoms with Crippen LogP contribution in [0.5, 0.6) is 0 Å². The van der Waals surface area contributed by atoms with Gasteiger partial charge in [0.15, 0.2) is 5.78 Å². The molecule has 262 valence electrons. The van der Waals surface area contributed by atoms with Crippen LogP contribution in [0.15, 0.2) is 100 Å². The molecule has 2 saturated carbocycles. The van der Waals surface area contributed by atoms with Gasteiger partial charge in [0.05, 0.1) is 17.3 Å². The minimum absolute atomic E-state index is 0.0816. The Morgan fingerprint density at radius 2 is 1.38 bits per heavy atom. The number of Topliss-reactive ketones (excluding diaryl/α,β-unsaturated/α-hetero) is 1. The van der Waals surface area contributed by atoms with Crippen molar-refractivity contribution in [1.82, 2.24) is 0 Å². The highest BCUT2D eigenvalue weighted by atomic mass is 16.6. The summed E-state index contributed by atoms with van der Waals surface area (Å²) in [5.41, 5.74) is 5.35. The molecule has 0 aromatic carbocycles. The van der Waals surface area contributed by atoms with Crippen molar-refractivity contribution in [3.05, 3.63) is 100 Å². The predicted molar refractivity (Wildman–Crippen MR) is 194 cm³/mol. The van der Waals surface area contributed by atoms with Crippen LogP contribution in [0.2, 0.25) is 0 Å². The van der Waals surface area contributed by atoms with Crippen molar-refractivity contribution < 1.29 is 29.3 Å². The zero-order chi connectivity index (χ0) is 36.1. The third-order valence-electron chi connectivity index (χ3n) is 10.1. The number of carbonyl (C=O) groups excluding carboxylic acids is 2. The molecule has 5 unspecified atom stereocenters. The maximum Gasteiger partial charge on any atom is 0.302 e. The molecule has 1 heterocycles. The van der Waals surface area contributed by atoms with Crippen molar-refractivity contribution in [3.8, 4) is 0 Å². The highest BCUT2D eigenvalue weighted by Gasteiger charge is 2.76. The summed E-state index contributed by atoms with van der Waals surface area (Å²) in [6.45, 7) is 21.4. The smallest absolute Gasteiger partial charge is 0.302 e. The van der Waals surface area contributed by atoms with E-state index in [1.54, 1.807) is 6.92 Å². The van der Waals surface area contributed by atoms with Crippen LogP contribution in [0.1, 0.15) is 108 Å². The van der Waals surface area contributed by atoms with E-state index in [0.717, 1.165) is 22.3 Å². The number of allylic oxidation sites excluding steroid dienone is 14. The number of carbonyl (C=O) groups is 2. The normalized spacial score (nSPS) is 32.4. The average molecular weight is 659 g/mol. The lowest BCUT2D eigenvalue weighted by Crippen LogP contribution is -2.48. The van der Waals surface area contributed by atoms with E-state index in [1.807, 2.05) is 115 Å². The Bertz CT molecular complexity index is 1510. The van der Waals surface area contributed by atoms with E-state index in [4.69, 9.17) is 9.47 Å². The van der Waals surface area contributed by atoms with E-state index >= 15 is 0 Å². The van der Waals surface area contributed by atoms with Gasteiger partial charge in [0.25, 0.3) is 0 Å². The van der Waals surface area contributed by atoms with Crippen molar-refractivity contribution in [2.75, 3.05) is 0 Å². The van der Waals surface area contributed by atoms with Gasteiger partial charge in [-0.05, 0) is 82.4 Å². The molecule has 3 aliphatic rings. The number of epoxide rings is 1. The van der Waals surface area contributed by atoms with Crippen LogP contribution in [-0.4, -0.2) is 51.0 Å². The van der Waals surface area contributed by atoms with Crippen molar-refractivity contribution in [3.63, 3.8) is 0 Å². The van der Waals surface area contributed by atoms with Crippen LogP contribution in [-0.2, 0) is 19.1 Å². The molecular weight excluding hydrogens is 600 g/mol. The summed E-state index contributed by atoms with van der Waals surface area (Å²) in [4.78, 5) is 24.5. The number of fused-ring (bicyclic) bond motifs is 1. The van der Waals surface area contributed by atoms with Gasteiger partial charge in [-0.15, -0.1) is 5.73 Å². The molecule has 0 aromatic heterocycles. The van der Waals surface area contributed by atoms with Gasteiger partial charge in [-0.2, -0.15) is 0 Å². The quantitative estimate of drug-likeness (QED) is 0.0758. The van der Waals surface area contributed by atoms with E-state index in [2.05, 4.69) is 19.6 Å². The molecule has 0 aromatic rings. The number of aliphatic hydroxyl groups is 2. The number of hydrogen-bond acceptors (Lipinski definition) is 6. The molecule has 48 heavy (non-hydrogen) atoms. The minimum Gasteiger partial charge on any atom is -0.462 e. The van der Waals surface area contributed by atoms with Gasteiger partial charge in [-0.3, -0.25) is 9.59 Å². The molecular formula is C42H58O6. The summed E-state index contributed by atoms with van der Waals surface area (Å²) in [5.74, 6) is -0.244. The van der Waals surface area contributed by atoms with Gasteiger partial charge in [-0.1, -0.05) is 99.6 Å². The molecule has 3 rings (SSSR count). The first-order valence-corrected chi connectivity index (χ1v) is 17.1. The molecule has 0 amide bonds. The van der Waals surface area contributed by atoms with E-state index in [1.165, 1.54) is 6.92 Å². The first-order chi connectivity index (χ1) is 22.1. The summed E-state index contributed by atoms with van der Waals surface area (Å²) < 4.78 is 11.6. The number of hydrogen-bond donors (Lipinski definition) is 2. The second-order valence-corrected chi connectivity index (χ2v) is 15.9. The maximum absolute atomic E-state index is 13.1. The second kappa shape index (κ2) is 15.1. The van der Waals surface area contributed by atoms with Crippen LogP contribution >= 0.6 is 0 Å². The monoisotopic (exact) mass is 658 g/mol. The molecule has 0 bridgehead atoms. The lowest BCUT2D eigenvalue weighted by Gasteiger charge is -2.44. The fourth-order valence-corrected chi connectivity index (χ4v) is 7.76. The Balaban J connectivity index is 1.54. The number of aliphatic hydroxyl groups excluding tert-OH is 1. The fourth-order valence-electron chi connectivity index (χ4n) is 7.76. The largest absolute Gasteiger partial charge is 0.462 e. The zero-order valence-electron chi connectivity index (χ0n) is 31.1. The fraction of sp³-hybridized carbons (Fsp3) is 0.548. The summed E-state index contributed by atoms with van der Waals surface area (Å²) in [7, 11) is 0. The standard InChI is InChI=1S/C42H58O6/c1-29(18-14-19-31(3)22-23-37-38(6,7)26-35(47-33(5)43)27-40(37,10)46)16-12-13-17-30(2)20-15-21-32(4)36(45)28-42-39(8,9)24-34(44)25-41(42,11)48-42/h12-22,34-35,44,46H,24-28H2,1-11H3/b13-12+,18-14+,20-15+,29-16+,30-17+,31-19?,32-21+. The van der Waals surface area contributed by atoms with Crippen LogP contribution in [0.25, 0.3) is 0 Å². The molecule has 0 spiro atoms. The molecule has 6 heteroatoms. The third kappa shape index (κ3) is 9.66. The SMILES string of the molecule is CC(=O)OC1CC(C)(C)C(=C=CC(C)=C/C=C/C(C)=C/C=C/C=C(C)/C=C/C=C(\C)C(=O)CC23OC2(C)CC(O)CC3(C)C)C(C)(O)C1. The molecule has 6 nitrogen and oxygen atoms in total.